The van der Waals surface area contributed by atoms with Gasteiger partial charge in [0, 0.05) is 16.7 Å². The average Bonchev–Trinajstić information content (AvgIpc) is 3.91. The average molecular weight is 590 g/mol. The second-order valence-electron chi connectivity index (χ2n) is 11.5. The van der Waals surface area contributed by atoms with Crippen molar-refractivity contribution in [2.75, 3.05) is 0 Å². The zero-order chi connectivity index (χ0) is 30.5. The lowest BCUT2D eigenvalue weighted by molar-refractivity contribution is 0.775. The van der Waals surface area contributed by atoms with Crippen molar-refractivity contribution in [1.29, 1.82) is 0 Å². The molecule has 1 radical (unpaired) electrons. The fraction of sp³-hybridized carbons (Fsp3) is 0. The molecule has 3 aromatic heterocycles. The van der Waals surface area contributed by atoms with Crippen molar-refractivity contribution in [3.63, 3.8) is 0 Å². The van der Waals surface area contributed by atoms with E-state index in [1.807, 2.05) is 32.4 Å². The van der Waals surface area contributed by atoms with Crippen molar-refractivity contribution < 1.29 is 0 Å². The fourth-order valence-corrected chi connectivity index (χ4v) is 6.54. The quantitative estimate of drug-likeness (QED) is 0.182. The molecule has 6 nitrogen and oxygen atoms in total. The Kier molecular flexibility index (Phi) is 6.13. The van der Waals surface area contributed by atoms with Gasteiger partial charge in [0.15, 0.2) is 0 Å². The fourth-order valence-electron chi connectivity index (χ4n) is 6.54. The summed E-state index contributed by atoms with van der Waals surface area (Å²) in [6.07, 6.45) is 6.04. The SMILES string of the molecule is c1ccc2c(-c3ccn([B-](n4ccc(-c5cccc6ccccc56)n4)n4ccc(-c5cccc6ccccc56)n4)n3)cccc2c1. The number of rotatable bonds is 6. The zero-order valence-electron chi connectivity index (χ0n) is 24.8. The van der Waals surface area contributed by atoms with Crippen molar-refractivity contribution in [2.24, 2.45) is 0 Å². The minimum absolute atomic E-state index is 0.476. The Morgan fingerprint density at radius 2 is 0.630 bits per heavy atom. The highest BCUT2D eigenvalue weighted by atomic mass is 15.4. The van der Waals surface area contributed by atoms with Crippen LogP contribution in [0.4, 0.5) is 0 Å². The Balaban J connectivity index is 1.18. The molecule has 0 aliphatic carbocycles. The van der Waals surface area contributed by atoms with E-state index in [-0.39, 0.29) is 0 Å². The van der Waals surface area contributed by atoms with E-state index in [1.54, 1.807) is 0 Å². The number of fused-ring (bicyclic) bond motifs is 3. The van der Waals surface area contributed by atoms with E-state index >= 15 is 0 Å². The molecule has 0 spiro atoms. The van der Waals surface area contributed by atoms with Crippen LogP contribution in [0.1, 0.15) is 0 Å². The molecule has 0 amide bonds. The summed E-state index contributed by atoms with van der Waals surface area (Å²) in [5, 5.41) is 22.5. The molecule has 46 heavy (non-hydrogen) atoms. The predicted octanol–water partition coefficient (Wildman–Crippen LogP) is 8.67. The molecule has 0 aliphatic rings. The summed E-state index contributed by atoms with van der Waals surface area (Å²) in [6, 6.07) is 50.5. The molecular weight excluding hydrogens is 563 g/mol. The predicted molar refractivity (Wildman–Crippen MR) is 187 cm³/mol. The van der Waals surface area contributed by atoms with Crippen LogP contribution >= 0.6 is 0 Å². The lowest BCUT2D eigenvalue weighted by atomic mass is 9.96. The van der Waals surface area contributed by atoms with Gasteiger partial charge in [-0.25, -0.2) is 15.3 Å². The molecule has 0 unspecified atom stereocenters. The molecule has 0 bridgehead atoms. The Hall–Kier alpha value is -6.21. The monoisotopic (exact) mass is 590 g/mol. The first-order valence-electron chi connectivity index (χ1n) is 15.4. The maximum Gasteiger partial charge on any atom is 0.260 e. The molecule has 217 valence electrons. The lowest BCUT2D eigenvalue weighted by Gasteiger charge is -2.29. The van der Waals surface area contributed by atoms with Gasteiger partial charge >= 0.3 is 0 Å². The number of nitrogens with zero attached hydrogens (tertiary/aromatic N) is 6. The van der Waals surface area contributed by atoms with Gasteiger partial charge in [0.05, 0.1) is 17.1 Å². The lowest BCUT2D eigenvalue weighted by Crippen LogP contribution is -2.42. The van der Waals surface area contributed by atoms with Crippen molar-refractivity contribution >= 4 is 39.4 Å². The molecule has 9 rings (SSSR count). The molecule has 3 heterocycles. The molecule has 6 aromatic carbocycles. The van der Waals surface area contributed by atoms with Crippen LogP contribution in [0, 0.1) is 0 Å². The second-order valence-corrected chi connectivity index (χ2v) is 11.5. The largest absolute Gasteiger partial charge is 0.424 e. The van der Waals surface area contributed by atoms with Crippen molar-refractivity contribution in [1.82, 2.24) is 29.1 Å². The smallest absolute Gasteiger partial charge is 0.260 e. The molecule has 9 aromatic rings. The van der Waals surface area contributed by atoms with Gasteiger partial charge in [-0.3, -0.25) is 0 Å². The van der Waals surface area contributed by atoms with E-state index in [9.17, 15) is 0 Å². The maximum atomic E-state index is 5.14. The summed E-state index contributed by atoms with van der Waals surface area (Å²) < 4.78 is 5.82. The maximum absolute atomic E-state index is 5.14. The third kappa shape index (κ3) is 4.40. The van der Waals surface area contributed by atoms with Crippen molar-refractivity contribution in [2.45, 2.75) is 0 Å². The summed E-state index contributed by atoms with van der Waals surface area (Å²) in [4.78, 5) is 0. The minimum atomic E-state index is -0.476. The third-order valence-corrected chi connectivity index (χ3v) is 8.73. The molecule has 0 fully saturated rings. The second kappa shape index (κ2) is 10.8. The summed E-state index contributed by atoms with van der Waals surface area (Å²) in [5.41, 5.74) is 5.94. The molecule has 0 saturated carbocycles. The van der Waals surface area contributed by atoms with Gasteiger partial charge in [-0.2, -0.15) is 0 Å². The normalized spacial score (nSPS) is 11.7. The van der Waals surface area contributed by atoms with E-state index < -0.39 is 7.12 Å². The number of hydrogen-bond acceptors (Lipinski definition) is 3. The summed E-state index contributed by atoms with van der Waals surface area (Å²) in [7, 11) is -0.476. The molecule has 0 saturated heterocycles. The Bertz CT molecular complexity index is 2230. The van der Waals surface area contributed by atoms with Gasteiger partial charge in [-0.05, 0) is 69.1 Å². The van der Waals surface area contributed by atoms with Crippen LogP contribution < -0.4 is 0 Å². The Morgan fingerprint density at radius 1 is 0.326 bits per heavy atom. The van der Waals surface area contributed by atoms with E-state index in [1.165, 1.54) is 32.3 Å². The van der Waals surface area contributed by atoms with Crippen molar-refractivity contribution in [3.8, 4) is 33.8 Å². The molecule has 0 aliphatic heterocycles. The first-order chi connectivity index (χ1) is 22.8. The van der Waals surface area contributed by atoms with Gasteiger partial charge in [0.2, 0.25) is 0 Å². The highest BCUT2D eigenvalue weighted by Gasteiger charge is 2.16. The highest BCUT2D eigenvalue weighted by molar-refractivity contribution is 6.52. The summed E-state index contributed by atoms with van der Waals surface area (Å²) >= 11 is 0. The standard InChI is InChI=1S/C39H27BN6/c1-4-16-31-28(10-1)13-7-19-34(31)37-22-25-44(41-37)40(45-26-23-38(42-45)35-20-8-14-29-11-2-5-17-32(29)35)46-27-24-39(43-46)36-21-9-15-30-12-3-6-18-33(30)36/h1-27H/q-1. The zero-order valence-corrected chi connectivity index (χ0v) is 24.8. The van der Waals surface area contributed by atoms with Gasteiger partial charge in [0.25, 0.3) is 7.12 Å². The summed E-state index contributed by atoms with van der Waals surface area (Å²) in [5.74, 6) is 0. The first kappa shape index (κ1) is 26.2. The van der Waals surface area contributed by atoms with Crippen LogP contribution in [0.2, 0.25) is 0 Å². The van der Waals surface area contributed by atoms with Crippen LogP contribution in [-0.2, 0) is 0 Å². The first-order valence-corrected chi connectivity index (χ1v) is 15.4. The number of hydrogen-bond donors (Lipinski definition) is 0. The topological polar surface area (TPSA) is 53.5 Å². The summed E-state index contributed by atoms with van der Waals surface area (Å²) in [6.45, 7) is 0. The molecule has 0 atom stereocenters. The molecule has 7 heteroatoms. The number of aromatic nitrogens is 6. The van der Waals surface area contributed by atoms with Crippen molar-refractivity contribution in [3.05, 3.63) is 164 Å². The Labute approximate surface area is 265 Å². The van der Waals surface area contributed by atoms with E-state index in [2.05, 4.69) is 146 Å². The number of benzene rings is 6. The van der Waals surface area contributed by atoms with Crippen LogP contribution in [0.15, 0.2) is 164 Å². The van der Waals surface area contributed by atoms with Crippen LogP contribution in [0.5, 0.6) is 0 Å². The van der Waals surface area contributed by atoms with Gasteiger partial charge in [-0.15, -0.1) is 0 Å². The van der Waals surface area contributed by atoms with Gasteiger partial charge in [-0.1, -0.05) is 127 Å². The minimum Gasteiger partial charge on any atom is -0.424 e. The third-order valence-electron chi connectivity index (χ3n) is 8.73. The Morgan fingerprint density at radius 3 is 0.978 bits per heavy atom. The van der Waals surface area contributed by atoms with E-state index in [0.717, 1.165) is 33.8 Å². The van der Waals surface area contributed by atoms with Crippen LogP contribution in [-0.4, -0.2) is 36.2 Å². The van der Waals surface area contributed by atoms with E-state index in [4.69, 9.17) is 15.3 Å². The van der Waals surface area contributed by atoms with Crippen LogP contribution in [0.3, 0.4) is 0 Å². The molecular formula is C39H27BN6-. The van der Waals surface area contributed by atoms with Crippen LogP contribution in [0.25, 0.3) is 66.1 Å². The van der Waals surface area contributed by atoms with Gasteiger partial charge in [0.1, 0.15) is 0 Å². The highest BCUT2D eigenvalue weighted by Crippen LogP contribution is 2.30. The van der Waals surface area contributed by atoms with E-state index in [0.29, 0.717) is 0 Å². The van der Waals surface area contributed by atoms with Gasteiger partial charge < -0.3 is 13.8 Å². The molecule has 0 N–H and O–H groups in total.